The Bertz CT molecular complexity index is 1400. The van der Waals surface area contributed by atoms with Crippen LogP contribution < -0.4 is 9.64 Å². The van der Waals surface area contributed by atoms with Crippen molar-refractivity contribution in [1.82, 2.24) is 0 Å². The molecule has 0 radical (unpaired) electrons. The second-order valence-electron chi connectivity index (χ2n) is 8.75. The standard InChI is InChI=1S/C27H18ClNO6/c1-34-17-6-4-5-16(13-17)29-25(32)20-21(26(29)33)27(35-22(20)14-9-11-15(28)12-10-14)23(30)18-7-2-3-8-19(18)24(27)31/h2-13,20-22H,1H3. The van der Waals surface area contributed by atoms with E-state index in [-0.39, 0.29) is 11.1 Å². The summed E-state index contributed by atoms with van der Waals surface area (Å²) in [4.78, 5) is 56.2. The summed E-state index contributed by atoms with van der Waals surface area (Å²) in [5.41, 5.74) is -0.888. The lowest BCUT2D eigenvalue weighted by molar-refractivity contribution is -0.127. The van der Waals surface area contributed by atoms with Crippen LogP contribution in [0.5, 0.6) is 5.75 Å². The van der Waals surface area contributed by atoms with E-state index in [0.29, 0.717) is 22.0 Å². The highest BCUT2D eigenvalue weighted by Gasteiger charge is 2.74. The molecular weight excluding hydrogens is 470 g/mol. The molecule has 0 bridgehead atoms. The molecule has 2 aliphatic heterocycles. The van der Waals surface area contributed by atoms with Crippen LogP contribution in [-0.2, 0) is 14.3 Å². The Balaban J connectivity index is 1.54. The molecule has 2 amide bonds. The van der Waals surface area contributed by atoms with E-state index < -0.39 is 46.9 Å². The number of hydrogen-bond donors (Lipinski definition) is 0. The summed E-state index contributed by atoms with van der Waals surface area (Å²) < 4.78 is 11.5. The average Bonchev–Trinajstić information content (AvgIpc) is 3.44. The Morgan fingerprint density at radius 1 is 0.857 bits per heavy atom. The molecule has 6 rings (SSSR count). The molecule has 0 aromatic heterocycles. The monoisotopic (exact) mass is 487 g/mol. The van der Waals surface area contributed by atoms with Crippen LogP contribution in [0.15, 0.2) is 72.8 Å². The second kappa shape index (κ2) is 7.60. The summed E-state index contributed by atoms with van der Waals surface area (Å²) >= 11 is 6.05. The molecule has 2 fully saturated rings. The Kier molecular flexibility index (Phi) is 4.71. The molecule has 0 N–H and O–H groups in total. The van der Waals surface area contributed by atoms with Gasteiger partial charge in [0.25, 0.3) is 0 Å². The number of rotatable bonds is 3. The molecule has 3 aliphatic rings. The number of carbonyl (C=O) groups excluding carboxylic acids is 4. The number of ketones is 2. The van der Waals surface area contributed by atoms with E-state index in [1.54, 1.807) is 72.8 Å². The number of imide groups is 1. The fourth-order valence-electron chi connectivity index (χ4n) is 5.47. The van der Waals surface area contributed by atoms with Gasteiger partial charge in [0, 0.05) is 22.2 Å². The van der Waals surface area contributed by atoms with E-state index in [1.165, 1.54) is 7.11 Å². The lowest BCUT2D eigenvalue weighted by Crippen LogP contribution is -2.51. The van der Waals surface area contributed by atoms with Gasteiger partial charge in [-0.25, -0.2) is 4.90 Å². The van der Waals surface area contributed by atoms with Crippen molar-refractivity contribution in [3.05, 3.63) is 94.5 Å². The molecule has 3 aromatic carbocycles. The molecule has 174 valence electrons. The minimum absolute atomic E-state index is 0.188. The van der Waals surface area contributed by atoms with Gasteiger partial charge in [-0.2, -0.15) is 0 Å². The van der Waals surface area contributed by atoms with Crippen LogP contribution in [0.1, 0.15) is 32.4 Å². The minimum atomic E-state index is -2.11. The van der Waals surface area contributed by atoms with Crippen molar-refractivity contribution in [1.29, 1.82) is 0 Å². The smallest absolute Gasteiger partial charge is 0.241 e. The van der Waals surface area contributed by atoms with Crippen molar-refractivity contribution >= 4 is 40.7 Å². The molecule has 7 nitrogen and oxygen atoms in total. The topological polar surface area (TPSA) is 90.0 Å². The van der Waals surface area contributed by atoms with E-state index in [4.69, 9.17) is 21.1 Å². The van der Waals surface area contributed by atoms with E-state index in [0.717, 1.165) is 4.90 Å². The molecule has 1 aliphatic carbocycles. The van der Waals surface area contributed by atoms with Gasteiger partial charge < -0.3 is 9.47 Å². The lowest BCUT2D eigenvalue weighted by Gasteiger charge is -2.27. The largest absolute Gasteiger partial charge is 0.497 e. The number of benzene rings is 3. The van der Waals surface area contributed by atoms with Gasteiger partial charge in [-0.15, -0.1) is 0 Å². The third kappa shape index (κ3) is 2.82. The number of hydrogen-bond acceptors (Lipinski definition) is 6. The first-order chi connectivity index (χ1) is 16.9. The Labute approximate surface area is 205 Å². The van der Waals surface area contributed by atoms with Gasteiger partial charge in [-0.05, 0) is 29.8 Å². The van der Waals surface area contributed by atoms with Crippen LogP contribution in [0.2, 0.25) is 5.02 Å². The fourth-order valence-corrected chi connectivity index (χ4v) is 5.60. The second-order valence-corrected chi connectivity index (χ2v) is 9.18. The van der Waals surface area contributed by atoms with E-state index in [1.807, 2.05) is 0 Å². The Hall–Kier alpha value is -3.81. The van der Waals surface area contributed by atoms with Crippen molar-refractivity contribution in [2.24, 2.45) is 11.8 Å². The van der Waals surface area contributed by atoms with E-state index in [9.17, 15) is 19.2 Å². The van der Waals surface area contributed by atoms with Gasteiger partial charge in [-0.3, -0.25) is 19.2 Å². The highest BCUT2D eigenvalue weighted by Crippen LogP contribution is 2.57. The maximum atomic E-state index is 13.9. The van der Waals surface area contributed by atoms with Gasteiger partial charge >= 0.3 is 0 Å². The number of fused-ring (bicyclic) bond motifs is 3. The minimum Gasteiger partial charge on any atom is -0.497 e. The van der Waals surface area contributed by atoms with Crippen LogP contribution in [0, 0.1) is 11.8 Å². The summed E-state index contributed by atoms with van der Waals surface area (Å²) in [5, 5.41) is 0.477. The number of nitrogens with zero attached hydrogens (tertiary/aromatic N) is 1. The summed E-state index contributed by atoms with van der Waals surface area (Å²) in [6, 6.07) is 19.5. The zero-order valence-corrected chi connectivity index (χ0v) is 19.2. The number of ether oxygens (including phenoxy) is 2. The molecule has 8 heteroatoms. The first kappa shape index (κ1) is 21.7. The van der Waals surface area contributed by atoms with Gasteiger partial charge in [0.1, 0.15) is 5.75 Å². The van der Waals surface area contributed by atoms with Gasteiger partial charge in [0.05, 0.1) is 30.7 Å². The lowest BCUT2D eigenvalue weighted by atomic mass is 9.77. The predicted octanol–water partition coefficient (Wildman–Crippen LogP) is 4.04. The quantitative estimate of drug-likeness (QED) is 0.409. The van der Waals surface area contributed by atoms with Gasteiger partial charge in [-0.1, -0.05) is 54.1 Å². The Morgan fingerprint density at radius 2 is 1.51 bits per heavy atom. The normalized spacial score (nSPS) is 24.3. The summed E-state index contributed by atoms with van der Waals surface area (Å²) in [6.45, 7) is 0. The molecular formula is C27H18ClNO6. The predicted molar refractivity (Wildman–Crippen MR) is 126 cm³/mol. The SMILES string of the molecule is COc1cccc(N2C(=O)C3C(c4ccc(Cl)cc4)OC4(C(=O)c5ccccc5C4=O)C3C2=O)c1. The molecule has 3 aromatic rings. The number of amides is 2. The zero-order chi connectivity index (χ0) is 24.5. The zero-order valence-electron chi connectivity index (χ0n) is 18.4. The highest BCUT2D eigenvalue weighted by molar-refractivity contribution is 6.37. The maximum Gasteiger partial charge on any atom is 0.241 e. The third-order valence-corrected chi connectivity index (χ3v) is 7.28. The Morgan fingerprint density at radius 3 is 2.14 bits per heavy atom. The molecule has 3 unspecified atom stereocenters. The van der Waals surface area contributed by atoms with Crippen LogP contribution in [0.3, 0.4) is 0 Å². The first-order valence-electron chi connectivity index (χ1n) is 11.0. The van der Waals surface area contributed by atoms with Crippen LogP contribution in [0.4, 0.5) is 5.69 Å². The van der Waals surface area contributed by atoms with Gasteiger partial charge in [0.15, 0.2) is 0 Å². The summed E-state index contributed by atoms with van der Waals surface area (Å²) in [6.07, 6.45) is -0.994. The van der Waals surface area contributed by atoms with Crippen molar-refractivity contribution in [2.75, 3.05) is 12.0 Å². The van der Waals surface area contributed by atoms with Crippen LogP contribution in [-0.4, -0.2) is 36.1 Å². The van der Waals surface area contributed by atoms with Crippen molar-refractivity contribution in [3.8, 4) is 5.75 Å². The third-order valence-electron chi connectivity index (χ3n) is 7.03. The van der Waals surface area contributed by atoms with Crippen LogP contribution >= 0.6 is 11.6 Å². The molecule has 2 heterocycles. The maximum absolute atomic E-state index is 13.9. The van der Waals surface area contributed by atoms with E-state index in [2.05, 4.69) is 0 Å². The fraction of sp³-hybridized carbons (Fsp3) is 0.185. The average molecular weight is 488 g/mol. The number of anilines is 1. The number of carbonyl (C=O) groups is 4. The number of halogens is 1. The van der Waals surface area contributed by atoms with Crippen molar-refractivity contribution < 1.29 is 28.7 Å². The molecule has 2 saturated heterocycles. The van der Waals surface area contributed by atoms with Crippen molar-refractivity contribution in [2.45, 2.75) is 11.7 Å². The molecule has 35 heavy (non-hydrogen) atoms. The number of Topliss-reactive ketones (excluding diaryl/α,β-unsaturated/α-hetero) is 2. The molecule has 0 saturated carbocycles. The summed E-state index contributed by atoms with van der Waals surface area (Å²) in [7, 11) is 1.48. The number of methoxy groups -OCH3 is 1. The summed E-state index contributed by atoms with van der Waals surface area (Å²) in [5.74, 6) is -4.32. The van der Waals surface area contributed by atoms with E-state index >= 15 is 0 Å². The van der Waals surface area contributed by atoms with Gasteiger partial charge in [0.2, 0.25) is 29.0 Å². The van der Waals surface area contributed by atoms with Crippen molar-refractivity contribution in [3.63, 3.8) is 0 Å². The first-order valence-corrected chi connectivity index (χ1v) is 11.4. The molecule has 3 atom stereocenters. The van der Waals surface area contributed by atoms with Crippen LogP contribution in [0.25, 0.3) is 0 Å². The highest BCUT2D eigenvalue weighted by atomic mass is 35.5. The molecule has 1 spiro atoms.